The first-order valence-electron chi connectivity index (χ1n) is 11.9. The van der Waals surface area contributed by atoms with E-state index >= 15 is 0 Å². The van der Waals surface area contributed by atoms with Crippen molar-refractivity contribution in [3.63, 3.8) is 0 Å². The summed E-state index contributed by atoms with van der Waals surface area (Å²) in [6.45, 7) is 13.7. The van der Waals surface area contributed by atoms with Crippen molar-refractivity contribution in [1.29, 1.82) is 0 Å². The van der Waals surface area contributed by atoms with Crippen LogP contribution in [0.3, 0.4) is 0 Å². The van der Waals surface area contributed by atoms with Gasteiger partial charge < -0.3 is 14.7 Å². The van der Waals surface area contributed by atoms with E-state index in [0.717, 1.165) is 77.4 Å². The number of carbonyl (C=O) groups is 1. The largest absolute Gasteiger partial charge is 0.353 e. The van der Waals surface area contributed by atoms with Crippen LogP contribution in [0.25, 0.3) is 10.2 Å². The minimum atomic E-state index is 0.150. The van der Waals surface area contributed by atoms with Crippen LogP contribution in [0.15, 0.2) is 24.4 Å². The molecular weight excluding hydrogens is 432 g/mol. The number of fused-ring (bicyclic) bond motifs is 1. The molecule has 0 bridgehead atoms. The average molecular weight is 465 g/mol. The number of nitrogens with zero attached hydrogens (tertiary/aromatic N) is 6. The molecule has 0 aliphatic carbocycles. The van der Waals surface area contributed by atoms with Crippen LogP contribution < -0.4 is 9.80 Å². The Morgan fingerprint density at radius 1 is 1.00 bits per heavy atom. The number of likely N-dealkylation sites (tertiary alicyclic amines) is 1. The number of aryl methyl sites for hydroxylation is 2. The molecule has 3 aromatic rings. The normalized spacial score (nSPS) is 21.6. The van der Waals surface area contributed by atoms with E-state index in [4.69, 9.17) is 9.97 Å². The lowest BCUT2D eigenvalue weighted by Crippen LogP contribution is -2.47. The zero-order valence-electron chi connectivity index (χ0n) is 19.9. The van der Waals surface area contributed by atoms with Gasteiger partial charge in [-0.15, -0.1) is 11.3 Å². The van der Waals surface area contributed by atoms with Gasteiger partial charge in [0.1, 0.15) is 22.3 Å². The van der Waals surface area contributed by atoms with Crippen LogP contribution in [-0.4, -0.2) is 65.0 Å². The quantitative estimate of drug-likeness (QED) is 0.580. The molecule has 174 valence electrons. The molecule has 0 spiro atoms. The Morgan fingerprint density at radius 2 is 1.70 bits per heavy atom. The smallest absolute Gasteiger partial charge is 0.264 e. The van der Waals surface area contributed by atoms with Crippen LogP contribution in [0, 0.1) is 25.7 Å². The van der Waals surface area contributed by atoms with Crippen molar-refractivity contribution in [2.24, 2.45) is 11.8 Å². The minimum absolute atomic E-state index is 0.150. The van der Waals surface area contributed by atoms with Gasteiger partial charge in [-0.3, -0.25) is 4.79 Å². The van der Waals surface area contributed by atoms with Crippen LogP contribution >= 0.6 is 11.3 Å². The first-order valence-corrected chi connectivity index (χ1v) is 12.7. The molecule has 5 heterocycles. The van der Waals surface area contributed by atoms with Crippen molar-refractivity contribution in [2.45, 2.75) is 34.1 Å². The molecule has 8 heteroatoms. The molecule has 1 amide bonds. The van der Waals surface area contributed by atoms with Crippen molar-refractivity contribution >= 4 is 39.1 Å². The van der Waals surface area contributed by atoms with Crippen LogP contribution in [-0.2, 0) is 0 Å². The second-order valence-electron chi connectivity index (χ2n) is 9.65. The van der Waals surface area contributed by atoms with Crippen molar-refractivity contribution in [1.82, 2.24) is 19.9 Å². The maximum absolute atomic E-state index is 13.5. The predicted molar refractivity (Wildman–Crippen MR) is 134 cm³/mol. The summed E-state index contributed by atoms with van der Waals surface area (Å²) in [4.78, 5) is 36.0. The maximum Gasteiger partial charge on any atom is 0.264 e. The van der Waals surface area contributed by atoms with Crippen molar-refractivity contribution in [3.05, 3.63) is 40.7 Å². The third-order valence-electron chi connectivity index (χ3n) is 6.79. The topological polar surface area (TPSA) is 65.5 Å². The number of rotatable bonds is 3. The van der Waals surface area contributed by atoms with E-state index in [1.54, 1.807) is 0 Å². The van der Waals surface area contributed by atoms with Gasteiger partial charge in [-0.1, -0.05) is 19.9 Å². The Kier molecular flexibility index (Phi) is 5.95. The summed E-state index contributed by atoms with van der Waals surface area (Å²) in [5.41, 5.74) is 1.02. The SMILES string of the molecule is Cc1nc(N2CCN(c3ccccn3)CC2)c2c(C)c(C(=O)N3C[C@@H](C)C[C@H](C)C3)sc2n1. The van der Waals surface area contributed by atoms with E-state index in [1.807, 2.05) is 30.2 Å². The Morgan fingerprint density at radius 3 is 2.36 bits per heavy atom. The minimum Gasteiger partial charge on any atom is -0.353 e. The van der Waals surface area contributed by atoms with Crippen molar-refractivity contribution in [2.75, 3.05) is 49.1 Å². The zero-order valence-corrected chi connectivity index (χ0v) is 20.7. The molecule has 0 N–H and O–H groups in total. The Bertz CT molecular complexity index is 1140. The monoisotopic (exact) mass is 464 g/mol. The number of anilines is 2. The Labute approximate surface area is 199 Å². The van der Waals surface area contributed by atoms with Crippen molar-refractivity contribution in [3.8, 4) is 0 Å². The third-order valence-corrected chi connectivity index (χ3v) is 7.96. The molecule has 0 saturated carbocycles. The lowest BCUT2D eigenvalue weighted by molar-refractivity contribution is 0.0627. The standard InChI is InChI=1S/C25H32N6OS/c1-16-13-17(2)15-31(14-16)25(32)22-18(3)21-23(27-19(4)28-24(21)33-22)30-11-9-29(10-12-30)20-7-5-6-8-26-20/h5-8,16-17H,9-15H2,1-4H3/t16-,17-/m0/s1. The van der Waals surface area contributed by atoms with Gasteiger partial charge in [-0.2, -0.15) is 0 Å². The number of amides is 1. The fourth-order valence-electron chi connectivity index (χ4n) is 5.31. The molecule has 0 aromatic carbocycles. The maximum atomic E-state index is 13.5. The first kappa shape index (κ1) is 22.1. The molecule has 2 aliphatic heterocycles. The highest BCUT2D eigenvalue weighted by atomic mass is 32.1. The van der Waals surface area contributed by atoms with E-state index in [9.17, 15) is 4.79 Å². The van der Waals surface area contributed by atoms with E-state index in [2.05, 4.69) is 41.6 Å². The van der Waals surface area contributed by atoms with E-state index in [1.165, 1.54) is 17.8 Å². The molecule has 0 radical (unpaired) electrons. The fourth-order valence-corrected chi connectivity index (χ4v) is 6.50. The molecule has 5 rings (SSSR count). The summed E-state index contributed by atoms with van der Waals surface area (Å²) in [6.07, 6.45) is 3.03. The van der Waals surface area contributed by atoms with Crippen LogP contribution in [0.5, 0.6) is 0 Å². The first-order chi connectivity index (χ1) is 15.9. The summed E-state index contributed by atoms with van der Waals surface area (Å²) < 4.78 is 0. The third kappa shape index (κ3) is 4.28. The number of piperazine rings is 1. The second kappa shape index (κ2) is 8.89. The van der Waals surface area contributed by atoms with E-state index in [-0.39, 0.29) is 5.91 Å². The van der Waals surface area contributed by atoms with Crippen LogP contribution in [0.1, 0.15) is 41.3 Å². The van der Waals surface area contributed by atoms with E-state index in [0.29, 0.717) is 11.8 Å². The molecular formula is C25H32N6OS. The second-order valence-corrected chi connectivity index (χ2v) is 10.6. The predicted octanol–water partition coefficient (Wildman–Crippen LogP) is 4.15. The summed E-state index contributed by atoms with van der Waals surface area (Å²) in [5.74, 6) is 3.97. The highest BCUT2D eigenvalue weighted by molar-refractivity contribution is 7.20. The number of piperidine rings is 1. The molecule has 2 atom stereocenters. The van der Waals surface area contributed by atoms with Gasteiger partial charge in [0.25, 0.3) is 5.91 Å². The summed E-state index contributed by atoms with van der Waals surface area (Å²) in [5, 5.41) is 1.04. The number of hydrogen-bond acceptors (Lipinski definition) is 7. The molecule has 2 aliphatic rings. The lowest BCUT2D eigenvalue weighted by Gasteiger charge is -2.36. The molecule has 7 nitrogen and oxygen atoms in total. The number of pyridine rings is 1. The van der Waals surface area contributed by atoms with Gasteiger partial charge in [-0.25, -0.2) is 15.0 Å². The van der Waals surface area contributed by atoms with Gasteiger partial charge in [-0.05, 0) is 49.8 Å². The molecule has 0 unspecified atom stereocenters. The fraction of sp³-hybridized carbons (Fsp3) is 0.520. The van der Waals surface area contributed by atoms with E-state index < -0.39 is 0 Å². The summed E-state index contributed by atoms with van der Waals surface area (Å²) in [7, 11) is 0. The zero-order chi connectivity index (χ0) is 23.1. The number of thiophene rings is 1. The van der Waals surface area contributed by atoms with Gasteiger partial charge in [0.05, 0.1) is 10.3 Å². The molecule has 2 fully saturated rings. The molecule has 2 saturated heterocycles. The number of aromatic nitrogens is 3. The van der Waals surface area contributed by atoms with Gasteiger partial charge >= 0.3 is 0 Å². The lowest BCUT2D eigenvalue weighted by atomic mass is 9.92. The molecule has 3 aromatic heterocycles. The van der Waals surface area contributed by atoms with Gasteiger partial charge in [0.15, 0.2) is 0 Å². The van der Waals surface area contributed by atoms with Gasteiger partial charge in [0.2, 0.25) is 0 Å². The Balaban J connectivity index is 1.43. The number of carbonyl (C=O) groups excluding carboxylic acids is 1. The highest BCUT2D eigenvalue weighted by Crippen LogP contribution is 2.37. The Hall–Kier alpha value is -2.74. The van der Waals surface area contributed by atoms with Crippen molar-refractivity contribution < 1.29 is 4.79 Å². The molecule has 33 heavy (non-hydrogen) atoms. The highest BCUT2D eigenvalue weighted by Gasteiger charge is 2.30. The summed E-state index contributed by atoms with van der Waals surface area (Å²) >= 11 is 1.53. The number of hydrogen-bond donors (Lipinski definition) is 0. The van der Waals surface area contributed by atoms with Crippen LogP contribution in [0.2, 0.25) is 0 Å². The van der Waals surface area contributed by atoms with Gasteiger partial charge in [0, 0.05) is 45.5 Å². The average Bonchev–Trinajstić information content (AvgIpc) is 3.14. The van der Waals surface area contributed by atoms with Crippen LogP contribution in [0.4, 0.5) is 11.6 Å². The summed E-state index contributed by atoms with van der Waals surface area (Å²) in [6, 6.07) is 6.04.